The van der Waals surface area contributed by atoms with Gasteiger partial charge in [-0.3, -0.25) is 14.4 Å². The summed E-state index contributed by atoms with van der Waals surface area (Å²) in [6, 6.07) is 3.65. The van der Waals surface area contributed by atoms with Crippen molar-refractivity contribution >= 4 is 17.9 Å². The lowest BCUT2D eigenvalue weighted by Gasteiger charge is -2.42. The largest absolute Gasteiger partial charge is 0.481 e. The highest BCUT2D eigenvalue weighted by atomic mass is 16.5. The average Bonchev–Trinajstić information content (AvgIpc) is 2.74. The predicted molar refractivity (Wildman–Crippen MR) is 124 cm³/mol. The first-order valence-electron chi connectivity index (χ1n) is 11.1. The molecule has 1 aliphatic rings. The molecule has 3 rings (SSSR count). The third-order valence-electron chi connectivity index (χ3n) is 5.94. The Morgan fingerprint density at radius 2 is 1.32 bits per heavy atom. The number of rotatable bonds is 7. The Labute approximate surface area is 198 Å². The van der Waals surface area contributed by atoms with E-state index in [9.17, 15) is 19.5 Å². The topological polar surface area (TPSA) is 108 Å². The van der Waals surface area contributed by atoms with Crippen LogP contribution in [0, 0.1) is 27.7 Å². The molecular formula is C26H30O8. The van der Waals surface area contributed by atoms with E-state index in [4.69, 9.17) is 18.9 Å². The molecule has 1 heterocycles. The number of carboxylic acids is 1. The van der Waals surface area contributed by atoms with Gasteiger partial charge in [-0.2, -0.15) is 0 Å². The van der Waals surface area contributed by atoms with E-state index in [1.807, 2.05) is 32.9 Å². The summed E-state index contributed by atoms with van der Waals surface area (Å²) in [6.07, 6.45) is 0.00355. The lowest BCUT2D eigenvalue weighted by Crippen LogP contribution is -2.36. The van der Waals surface area contributed by atoms with Gasteiger partial charge in [-0.1, -0.05) is 0 Å². The number of carbonyl (C=O) groups is 3. The van der Waals surface area contributed by atoms with Gasteiger partial charge in [0.05, 0.1) is 0 Å². The monoisotopic (exact) mass is 470 g/mol. The number of esters is 2. The maximum atomic E-state index is 11.7. The number of carbonyl (C=O) groups excluding carboxylic acids is 2. The highest BCUT2D eigenvalue weighted by Gasteiger charge is 2.46. The molecule has 2 aromatic rings. The number of benzene rings is 2. The molecule has 34 heavy (non-hydrogen) atoms. The highest BCUT2D eigenvalue weighted by molar-refractivity contribution is 5.75. The molecule has 2 aromatic carbocycles. The normalized spacial score (nSPS) is 13.4. The van der Waals surface area contributed by atoms with Gasteiger partial charge in [0.1, 0.15) is 28.6 Å². The first kappa shape index (κ1) is 25.2. The molecule has 182 valence electrons. The fraction of sp³-hybridized carbons (Fsp3) is 0.423. The fourth-order valence-corrected chi connectivity index (χ4v) is 4.63. The standard InChI is InChI=1S/C26H30O8/c1-8-31-26(10-9-21(29)30)19-11-13(2)22(32-17(6)27)15(4)24(19)34-25-16(5)23(33-18(7)28)14(3)12-20(25)26/h11-12H,8-10H2,1-7H3,(H,29,30). The van der Waals surface area contributed by atoms with Crippen LogP contribution in [0.25, 0.3) is 0 Å². The van der Waals surface area contributed by atoms with Gasteiger partial charge < -0.3 is 24.1 Å². The van der Waals surface area contributed by atoms with Crippen molar-refractivity contribution in [3.63, 3.8) is 0 Å². The summed E-state index contributed by atoms with van der Waals surface area (Å²) in [5.74, 6) is -0.278. The SMILES string of the molecule is CCOC1(CCC(=O)O)c2cc(C)c(OC(C)=O)c(C)c2Oc2c1cc(C)c(OC(C)=O)c2C. The quantitative estimate of drug-likeness (QED) is 0.444. The van der Waals surface area contributed by atoms with Gasteiger partial charge in [0, 0.05) is 49.1 Å². The summed E-state index contributed by atoms with van der Waals surface area (Å²) in [4.78, 5) is 35.1. The molecule has 0 aliphatic carbocycles. The van der Waals surface area contributed by atoms with Crippen molar-refractivity contribution in [2.75, 3.05) is 6.61 Å². The van der Waals surface area contributed by atoms with Gasteiger partial charge in [0.15, 0.2) is 0 Å². The Hall–Kier alpha value is -3.39. The molecule has 0 fully saturated rings. The molecular weight excluding hydrogens is 440 g/mol. The van der Waals surface area contributed by atoms with Crippen molar-refractivity contribution in [2.24, 2.45) is 0 Å². The molecule has 0 aromatic heterocycles. The van der Waals surface area contributed by atoms with Crippen LogP contribution in [0.3, 0.4) is 0 Å². The number of aryl methyl sites for hydroxylation is 2. The Morgan fingerprint density at radius 3 is 1.68 bits per heavy atom. The molecule has 0 spiro atoms. The first-order valence-corrected chi connectivity index (χ1v) is 11.1. The van der Waals surface area contributed by atoms with Gasteiger partial charge in [-0.15, -0.1) is 0 Å². The van der Waals surface area contributed by atoms with E-state index in [0.717, 1.165) is 0 Å². The summed E-state index contributed by atoms with van der Waals surface area (Å²) in [5, 5.41) is 9.53. The van der Waals surface area contributed by atoms with E-state index in [2.05, 4.69) is 0 Å². The maximum absolute atomic E-state index is 11.7. The highest BCUT2D eigenvalue weighted by Crippen LogP contribution is 2.56. The van der Waals surface area contributed by atoms with Crippen LogP contribution in [0.15, 0.2) is 12.1 Å². The predicted octanol–water partition coefficient (Wildman–Crippen LogP) is 5.02. The summed E-state index contributed by atoms with van der Waals surface area (Å²) < 4.78 is 23.7. The van der Waals surface area contributed by atoms with Crippen LogP contribution < -0.4 is 14.2 Å². The minimum atomic E-state index is -1.13. The van der Waals surface area contributed by atoms with E-state index < -0.39 is 23.5 Å². The molecule has 0 unspecified atom stereocenters. The van der Waals surface area contributed by atoms with Gasteiger partial charge >= 0.3 is 17.9 Å². The van der Waals surface area contributed by atoms with Gasteiger partial charge in [-0.25, -0.2) is 0 Å². The number of carboxylic acid groups (broad SMARTS) is 1. The van der Waals surface area contributed by atoms with Crippen molar-refractivity contribution in [1.82, 2.24) is 0 Å². The zero-order valence-electron chi connectivity index (χ0n) is 20.6. The van der Waals surface area contributed by atoms with Crippen molar-refractivity contribution in [3.8, 4) is 23.0 Å². The van der Waals surface area contributed by atoms with Crippen LogP contribution in [0.1, 0.15) is 67.0 Å². The third kappa shape index (κ3) is 4.37. The molecule has 0 amide bonds. The smallest absolute Gasteiger partial charge is 0.308 e. The molecule has 8 heteroatoms. The van der Waals surface area contributed by atoms with E-state index in [1.54, 1.807) is 13.8 Å². The number of hydrogen-bond acceptors (Lipinski definition) is 7. The maximum Gasteiger partial charge on any atom is 0.308 e. The van der Waals surface area contributed by atoms with Gasteiger partial charge in [0.25, 0.3) is 0 Å². The minimum absolute atomic E-state index is 0.146. The van der Waals surface area contributed by atoms with E-state index in [-0.39, 0.29) is 12.8 Å². The average molecular weight is 471 g/mol. The van der Waals surface area contributed by atoms with Crippen molar-refractivity contribution < 1.29 is 38.4 Å². The Balaban J connectivity index is 2.40. The second-order valence-corrected chi connectivity index (χ2v) is 8.49. The number of fused-ring (bicyclic) bond motifs is 2. The first-order chi connectivity index (χ1) is 15.9. The summed E-state index contributed by atoms with van der Waals surface area (Å²) in [7, 11) is 0. The van der Waals surface area contributed by atoms with Crippen LogP contribution in [0.5, 0.6) is 23.0 Å². The number of ether oxygens (including phenoxy) is 4. The Bertz CT molecular complexity index is 1100. The summed E-state index contributed by atoms with van der Waals surface area (Å²) >= 11 is 0. The molecule has 0 bridgehead atoms. The van der Waals surface area contributed by atoms with Crippen LogP contribution in [-0.2, 0) is 24.7 Å². The van der Waals surface area contributed by atoms with E-state index in [0.29, 0.717) is 63.0 Å². The molecule has 0 radical (unpaired) electrons. The van der Waals surface area contributed by atoms with E-state index in [1.165, 1.54) is 13.8 Å². The van der Waals surface area contributed by atoms with Crippen LogP contribution in [-0.4, -0.2) is 29.6 Å². The lowest BCUT2D eigenvalue weighted by molar-refractivity contribution is -0.139. The van der Waals surface area contributed by atoms with Crippen LogP contribution in [0.4, 0.5) is 0 Å². The molecule has 0 atom stereocenters. The molecule has 8 nitrogen and oxygen atoms in total. The van der Waals surface area contributed by atoms with Crippen LogP contribution >= 0.6 is 0 Å². The van der Waals surface area contributed by atoms with Crippen molar-refractivity contribution in [2.45, 2.75) is 66.9 Å². The fourth-order valence-electron chi connectivity index (χ4n) is 4.63. The van der Waals surface area contributed by atoms with E-state index >= 15 is 0 Å². The molecule has 1 aliphatic heterocycles. The third-order valence-corrected chi connectivity index (χ3v) is 5.94. The van der Waals surface area contributed by atoms with Crippen molar-refractivity contribution in [1.29, 1.82) is 0 Å². The van der Waals surface area contributed by atoms with Gasteiger partial charge in [0.2, 0.25) is 0 Å². The molecule has 1 N–H and O–H groups in total. The summed E-state index contributed by atoms with van der Waals surface area (Å²) in [5.41, 5.74) is 2.75. The summed E-state index contributed by atoms with van der Waals surface area (Å²) in [6.45, 7) is 12.0. The van der Waals surface area contributed by atoms with Gasteiger partial charge in [-0.05, 0) is 64.3 Å². The molecule has 0 saturated carbocycles. The molecule has 0 saturated heterocycles. The lowest BCUT2D eigenvalue weighted by atomic mass is 9.77. The zero-order chi connectivity index (χ0) is 25.4. The minimum Gasteiger partial charge on any atom is -0.481 e. The van der Waals surface area contributed by atoms with Crippen molar-refractivity contribution in [3.05, 3.63) is 45.5 Å². The van der Waals surface area contributed by atoms with Crippen LogP contribution in [0.2, 0.25) is 0 Å². The number of aliphatic carboxylic acids is 1. The Kier molecular flexibility index (Phi) is 7.02. The number of hydrogen-bond donors (Lipinski definition) is 1. The Morgan fingerprint density at radius 1 is 0.882 bits per heavy atom. The second-order valence-electron chi connectivity index (χ2n) is 8.49. The zero-order valence-corrected chi connectivity index (χ0v) is 20.6. The second kappa shape index (κ2) is 9.46.